The van der Waals surface area contributed by atoms with Crippen molar-refractivity contribution >= 4 is 28.8 Å². The van der Waals surface area contributed by atoms with Gasteiger partial charge >= 0.3 is 6.09 Å². The molecule has 3 N–H and O–H groups in total. The number of aromatic nitrogens is 1. The molecule has 1 unspecified atom stereocenters. The molecular weight excluding hydrogens is 396 g/mol. The number of amides is 3. The van der Waals surface area contributed by atoms with Gasteiger partial charge in [-0.05, 0) is 46.8 Å². The highest BCUT2D eigenvalue weighted by Crippen LogP contribution is 2.14. The molecule has 8 heteroatoms. The van der Waals surface area contributed by atoms with E-state index in [0.29, 0.717) is 12.2 Å². The normalized spacial score (nSPS) is 12.5. The second kappa shape index (κ2) is 10.7. The minimum atomic E-state index is -0.610. The Labute approximate surface area is 183 Å². The summed E-state index contributed by atoms with van der Waals surface area (Å²) in [5, 5.41) is 6.28. The Morgan fingerprint density at radius 2 is 1.90 bits per heavy atom. The fourth-order valence-corrected chi connectivity index (χ4v) is 2.86. The maximum absolute atomic E-state index is 12.5. The molecule has 1 atom stereocenters. The molecule has 1 aromatic heterocycles. The fraction of sp³-hybridized carbons (Fsp3) is 0.435. The van der Waals surface area contributed by atoms with Crippen molar-refractivity contribution in [1.29, 1.82) is 0 Å². The molecule has 0 aliphatic heterocycles. The van der Waals surface area contributed by atoms with Gasteiger partial charge in [-0.25, -0.2) is 4.79 Å². The number of benzene rings is 1. The SMILES string of the molecule is CC=CCN(C(=O)OC(C)(C)C)C(C)CNC(=O)CNC(=O)c1cc2ccccc2[nH]1. The number of para-hydroxylation sites is 1. The second-order valence-corrected chi connectivity index (χ2v) is 8.31. The maximum atomic E-state index is 12.5. The van der Waals surface area contributed by atoms with Crippen molar-refractivity contribution in [3.8, 4) is 0 Å². The van der Waals surface area contributed by atoms with Crippen molar-refractivity contribution < 1.29 is 19.1 Å². The van der Waals surface area contributed by atoms with E-state index in [4.69, 9.17) is 4.74 Å². The van der Waals surface area contributed by atoms with Gasteiger partial charge < -0.3 is 25.3 Å². The number of carbonyl (C=O) groups excluding carboxylic acids is 3. The first-order valence-electron chi connectivity index (χ1n) is 10.3. The summed E-state index contributed by atoms with van der Waals surface area (Å²) in [5.41, 5.74) is 0.639. The van der Waals surface area contributed by atoms with Crippen LogP contribution in [0.2, 0.25) is 0 Å². The Balaban J connectivity index is 1.86. The van der Waals surface area contributed by atoms with Gasteiger partial charge in [0.05, 0.1) is 6.54 Å². The summed E-state index contributed by atoms with van der Waals surface area (Å²) in [5.74, 6) is -0.700. The molecule has 2 rings (SSSR count). The number of hydrogen-bond donors (Lipinski definition) is 3. The van der Waals surface area contributed by atoms with Crippen molar-refractivity contribution in [2.45, 2.75) is 46.3 Å². The minimum absolute atomic E-state index is 0.164. The number of fused-ring (bicyclic) bond motifs is 1. The van der Waals surface area contributed by atoms with E-state index in [1.165, 1.54) is 0 Å². The molecular formula is C23H32N4O4. The Hall–Kier alpha value is -3.29. The van der Waals surface area contributed by atoms with Gasteiger partial charge in [0.2, 0.25) is 5.91 Å². The number of nitrogens with one attached hydrogen (secondary N) is 3. The molecule has 0 spiro atoms. The minimum Gasteiger partial charge on any atom is -0.444 e. The molecule has 168 valence electrons. The molecule has 0 radical (unpaired) electrons. The number of ether oxygens (including phenoxy) is 1. The topological polar surface area (TPSA) is 104 Å². The van der Waals surface area contributed by atoms with Crippen LogP contribution in [0.1, 0.15) is 45.1 Å². The molecule has 0 bridgehead atoms. The van der Waals surface area contributed by atoms with Gasteiger partial charge in [0, 0.05) is 30.0 Å². The van der Waals surface area contributed by atoms with Gasteiger partial charge in [-0.1, -0.05) is 30.4 Å². The summed E-state index contributed by atoms with van der Waals surface area (Å²) < 4.78 is 5.46. The van der Waals surface area contributed by atoms with E-state index in [1.807, 2.05) is 50.3 Å². The molecule has 2 aromatic rings. The zero-order chi connectivity index (χ0) is 23.0. The summed E-state index contributed by atoms with van der Waals surface area (Å²) >= 11 is 0. The van der Waals surface area contributed by atoms with Crippen LogP contribution in [0.25, 0.3) is 10.9 Å². The van der Waals surface area contributed by atoms with Crippen LogP contribution in [0.15, 0.2) is 42.5 Å². The van der Waals surface area contributed by atoms with Crippen molar-refractivity contribution in [1.82, 2.24) is 20.5 Å². The quantitative estimate of drug-likeness (QED) is 0.562. The van der Waals surface area contributed by atoms with Crippen LogP contribution < -0.4 is 10.6 Å². The van der Waals surface area contributed by atoms with E-state index in [1.54, 1.807) is 31.7 Å². The smallest absolute Gasteiger partial charge is 0.410 e. The van der Waals surface area contributed by atoms with Gasteiger partial charge in [-0.3, -0.25) is 9.59 Å². The van der Waals surface area contributed by atoms with Crippen molar-refractivity contribution in [3.05, 3.63) is 48.2 Å². The highest BCUT2D eigenvalue weighted by molar-refractivity contribution is 5.99. The Kier molecular flexibility index (Phi) is 8.24. The average molecular weight is 429 g/mol. The number of allylic oxidation sites excluding steroid dienone is 1. The van der Waals surface area contributed by atoms with Crippen LogP contribution in [-0.2, 0) is 9.53 Å². The third kappa shape index (κ3) is 7.47. The molecule has 3 amide bonds. The summed E-state index contributed by atoms with van der Waals surface area (Å²) in [6.45, 7) is 9.56. The predicted octanol–water partition coefficient (Wildman–Crippen LogP) is 3.22. The first-order valence-corrected chi connectivity index (χ1v) is 10.3. The summed E-state index contributed by atoms with van der Waals surface area (Å²) in [6, 6.07) is 9.00. The van der Waals surface area contributed by atoms with Gasteiger partial charge in [0.1, 0.15) is 11.3 Å². The largest absolute Gasteiger partial charge is 0.444 e. The van der Waals surface area contributed by atoms with E-state index in [2.05, 4.69) is 15.6 Å². The zero-order valence-corrected chi connectivity index (χ0v) is 18.8. The van der Waals surface area contributed by atoms with Crippen molar-refractivity contribution in [2.24, 2.45) is 0 Å². The fourth-order valence-electron chi connectivity index (χ4n) is 2.86. The van der Waals surface area contributed by atoms with Gasteiger partial charge in [0.25, 0.3) is 5.91 Å². The highest BCUT2D eigenvalue weighted by Gasteiger charge is 2.25. The third-order valence-corrected chi connectivity index (χ3v) is 4.48. The zero-order valence-electron chi connectivity index (χ0n) is 18.8. The maximum Gasteiger partial charge on any atom is 0.410 e. The summed E-state index contributed by atoms with van der Waals surface area (Å²) in [4.78, 5) is 41.6. The Bertz CT molecular complexity index is 909. The van der Waals surface area contributed by atoms with E-state index < -0.39 is 11.7 Å². The lowest BCUT2D eigenvalue weighted by atomic mass is 10.2. The number of hydrogen-bond acceptors (Lipinski definition) is 4. The molecule has 0 aliphatic rings. The first kappa shape index (κ1) is 24.0. The predicted molar refractivity (Wildman–Crippen MR) is 121 cm³/mol. The number of carbonyl (C=O) groups is 3. The second-order valence-electron chi connectivity index (χ2n) is 8.31. The lowest BCUT2D eigenvalue weighted by Crippen LogP contribution is -2.48. The molecule has 0 saturated carbocycles. The van der Waals surface area contributed by atoms with Crippen LogP contribution >= 0.6 is 0 Å². The molecule has 1 aromatic carbocycles. The van der Waals surface area contributed by atoms with Crippen molar-refractivity contribution in [3.63, 3.8) is 0 Å². The van der Waals surface area contributed by atoms with Crippen LogP contribution in [0.4, 0.5) is 4.79 Å². The average Bonchev–Trinajstić information content (AvgIpc) is 3.13. The lowest BCUT2D eigenvalue weighted by molar-refractivity contribution is -0.120. The molecule has 0 fully saturated rings. The van der Waals surface area contributed by atoms with Crippen LogP contribution in [0.3, 0.4) is 0 Å². The number of nitrogens with zero attached hydrogens (tertiary/aromatic N) is 1. The molecule has 0 saturated heterocycles. The monoisotopic (exact) mass is 428 g/mol. The Morgan fingerprint density at radius 1 is 1.19 bits per heavy atom. The standard InChI is InChI=1S/C23H32N4O4/c1-6-7-12-27(22(30)31-23(3,4)5)16(2)14-24-20(28)15-25-21(29)19-13-17-10-8-9-11-18(17)26-19/h6-11,13,16,26H,12,14-15H2,1-5H3,(H,24,28)(H,25,29). The number of H-pyrrole nitrogens is 1. The van der Waals surface area contributed by atoms with Crippen LogP contribution in [0, 0.1) is 0 Å². The molecule has 31 heavy (non-hydrogen) atoms. The highest BCUT2D eigenvalue weighted by atomic mass is 16.6. The molecule has 8 nitrogen and oxygen atoms in total. The summed E-state index contributed by atoms with van der Waals surface area (Å²) in [6.07, 6.45) is 3.25. The Morgan fingerprint density at radius 3 is 2.55 bits per heavy atom. The van der Waals surface area contributed by atoms with E-state index in [-0.39, 0.29) is 30.9 Å². The summed E-state index contributed by atoms with van der Waals surface area (Å²) in [7, 11) is 0. The first-order chi connectivity index (χ1) is 14.6. The van der Waals surface area contributed by atoms with Crippen LogP contribution in [0.5, 0.6) is 0 Å². The van der Waals surface area contributed by atoms with Gasteiger partial charge in [0.15, 0.2) is 0 Å². The van der Waals surface area contributed by atoms with E-state index in [0.717, 1.165) is 10.9 Å². The van der Waals surface area contributed by atoms with Crippen molar-refractivity contribution in [2.75, 3.05) is 19.6 Å². The molecule has 1 heterocycles. The van der Waals surface area contributed by atoms with Gasteiger partial charge in [-0.15, -0.1) is 0 Å². The number of rotatable bonds is 8. The van der Waals surface area contributed by atoms with Gasteiger partial charge in [-0.2, -0.15) is 0 Å². The number of aromatic amines is 1. The van der Waals surface area contributed by atoms with E-state index in [9.17, 15) is 14.4 Å². The van der Waals surface area contributed by atoms with Crippen LogP contribution in [-0.4, -0.2) is 59.1 Å². The van der Waals surface area contributed by atoms with E-state index >= 15 is 0 Å². The lowest BCUT2D eigenvalue weighted by Gasteiger charge is -2.31. The third-order valence-electron chi connectivity index (χ3n) is 4.48. The molecule has 0 aliphatic carbocycles.